The first-order chi connectivity index (χ1) is 6.31. The minimum atomic E-state index is 0.0815. The summed E-state index contributed by atoms with van der Waals surface area (Å²) in [5, 5.41) is 0. The Morgan fingerprint density at radius 1 is 1.00 bits per heavy atom. The molecule has 0 heterocycles. The second-order valence-electron chi connectivity index (χ2n) is 3.58. The van der Waals surface area contributed by atoms with E-state index in [0.29, 0.717) is 6.42 Å². The molecule has 0 bridgehead atoms. The highest BCUT2D eigenvalue weighted by Crippen LogP contribution is 2.12. The van der Waals surface area contributed by atoms with E-state index in [1.165, 1.54) is 32.1 Å². The van der Waals surface area contributed by atoms with Crippen LogP contribution in [0.15, 0.2) is 11.9 Å². The van der Waals surface area contributed by atoms with Crippen LogP contribution in [0.3, 0.4) is 0 Å². The van der Waals surface area contributed by atoms with Gasteiger partial charge in [-0.15, -0.1) is 0 Å². The van der Waals surface area contributed by atoms with E-state index in [-0.39, 0.29) is 5.83 Å². The van der Waals surface area contributed by atoms with Crippen molar-refractivity contribution in [2.75, 3.05) is 0 Å². The van der Waals surface area contributed by atoms with Crippen LogP contribution in [0.1, 0.15) is 65.2 Å². The Bertz CT molecular complexity index is 127. The van der Waals surface area contributed by atoms with E-state index in [0.717, 1.165) is 12.8 Å². The minimum absolute atomic E-state index is 0.0815. The van der Waals surface area contributed by atoms with Gasteiger partial charge in [0.2, 0.25) is 0 Å². The summed E-state index contributed by atoms with van der Waals surface area (Å²) in [6.45, 7) is 4.19. The number of unbranched alkanes of at least 4 members (excludes halogenated alkanes) is 5. The van der Waals surface area contributed by atoms with Gasteiger partial charge in [-0.2, -0.15) is 0 Å². The van der Waals surface area contributed by atoms with Crippen molar-refractivity contribution in [3.8, 4) is 0 Å². The normalized spacial score (nSPS) is 12.1. The van der Waals surface area contributed by atoms with E-state index in [1.54, 1.807) is 6.08 Å². The third kappa shape index (κ3) is 9.59. The van der Waals surface area contributed by atoms with E-state index < -0.39 is 0 Å². The molecule has 0 aromatic heterocycles. The molecule has 1 heteroatoms. The van der Waals surface area contributed by atoms with Crippen LogP contribution in [0.5, 0.6) is 0 Å². The standard InChI is InChI=1S/C12H23F/c1-3-5-6-7-8-9-11-12(13)10-4-2/h10H,3-9,11H2,1-2H3. The Kier molecular flexibility index (Phi) is 9.51. The van der Waals surface area contributed by atoms with Crippen LogP contribution in [0.25, 0.3) is 0 Å². The molecule has 0 atom stereocenters. The summed E-state index contributed by atoms with van der Waals surface area (Å²) < 4.78 is 12.8. The highest BCUT2D eigenvalue weighted by atomic mass is 19.1. The zero-order chi connectivity index (χ0) is 9.94. The van der Waals surface area contributed by atoms with Gasteiger partial charge in [0.25, 0.3) is 0 Å². The molecule has 0 unspecified atom stereocenters. The zero-order valence-electron chi connectivity index (χ0n) is 9.11. The molecule has 0 radical (unpaired) electrons. The summed E-state index contributed by atoms with van der Waals surface area (Å²) in [6.07, 6.45) is 10.6. The summed E-state index contributed by atoms with van der Waals surface area (Å²) in [4.78, 5) is 0. The molecule has 0 saturated heterocycles. The van der Waals surface area contributed by atoms with Gasteiger partial charge in [-0.1, -0.05) is 52.0 Å². The molecule has 0 amide bonds. The van der Waals surface area contributed by atoms with E-state index in [1.807, 2.05) is 6.92 Å². The lowest BCUT2D eigenvalue weighted by Crippen LogP contribution is -1.80. The maximum atomic E-state index is 12.8. The molecule has 0 saturated carbocycles. The third-order valence-corrected chi connectivity index (χ3v) is 2.19. The Balaban J connectivity index is 3.11. The average Bonchev–Trinajstić information content (AvgIpc) is 2.11. The predicted octanol–water partition coefficient (Wildman–Crippen LogP) is 5.00. The lowest BCUT2D eigenvalue weighted by Gasteiger charge is -1.99. The Labute approximate surface area is 82.2 Å². The van der Waals surface area contributed by atoms with Crippen LogP contribution >= 0.6 is 0 Å². The SMILES string of the molecule is CCC=C(F)CCCCCCCC. The summed E-state index contributed by atoms with van der Waals surface area (Å²) in [5.41, 5.74) is 0. The van der Waals surface area contributed by atoms with Gasteiger partial charge in [0, 0.05) is 0 Å². The number of halogens is 1. The highest BCUT2D eigenvalue weighted by Gasteiger charge is 1.94. The molecule has 78 valence electrons. The van der Waals surface area contributed by atoms with Crippen LogP contribution < -0.4 is 0 Å². The van der Waals surface area contributed by atoms with Crippen LogP contribution in [-0.4, -0.2) is 0 Å². The quantitative estimate of drug-likeness (QED) is 0.468. The number of rotatable bonds is 8. The van der Waals surface area contributed by atoms with Gasteiger partial charge in [0.15, 0.2) is 0 Å². The van der Waals surface area contributed by atoms with Crippen molar-refractivity contribution < 1.29 is 4.39 Å². The number of hydrogen-bond donors (Lipinski definition) is 0. The topological polar surface area (TPSA) is 0 Å². The minimum Gasteiger partial charge on any atom is -0.212 e. The first-order valence-corrected chi connectivity index (χ1v) is 5.65. The molecular weight excluding hydrogens is 163 g/mol. The third-order valence-electron chi connectivity index (χ3n) is 2.19. The van der Waals surface area contributed by atoms with E-state index in [4.69, 9.17) is 0 Å². The molecule has 0 rings (SSSR count). The molecule has 0 fully saturated rings. The van der Waals surface area contributed by atoms with E-state index in [9.17, 15) is 4.39 Å². The van der Waals surface area contributed by atoms with Gasteiger partial charge in [0.05, 0.1) is 5.83 Å². The van der Waals surface area contributed by atoms with E-state index >= 15 is 0 Å². The fraction of sp³-hybridized carbons (Fsp3) is 0.833. The van der Waals surface area contributed by atoms with Crippen molar-refractivity contribution in [3.63, 3.8) is 0 Å². The van der Waals surface area contributed by atoms with Crippen molar-refractivity contribution in [2.24, 2.45) is 0 Å². The molecule has 0 aliphatic carbocycles. The highest BCUT2D eigenvalue weighted by molar-refractivity contribution is 4.90. The Morgan fingerprint density at radius 3 is 2.23 bits per heavy atom. The van der Waals surface area contributed by atoms with Crippen molar-refractivity contribution >= 4 is 0 Å². The second kappa shape index (κ2) is 9.76. The molecule has 0 aromatic rings. The van der Waals surface area contributed by atoms with Crippen molar-refractivity contribution in [1.82, 2.24) is 0 Å². The van der Waals surface area contributed by atoms with Crippen molar-refractivity contribution in [1.29, 1.82) is 0 Å². The van der Waals surface area contributed by atoms with Gasteiger partial charge in [0.1, 0.15) is 0 Å². The molecule has 13 heavy (non-hydrogen) atoms. The van der Waals surface area contributed by atoms with Crippen LogP contribution in [0.2, 0.25) is 0 Å². The van der Waals surface area contributed by atoms with Gasteiger partial charge in [-0.25, -0.2) is 4.39 Å². The van der Waals surface area contributed by atoms with Crippen LogP contribution in [0.4, 0.5) is 4.39 Å². The maximum Gasteiger partial charge on any atom is 0.0959 e. The van der Waals surface area contributed by atoms with E-state index in [2.05, 4.69) is 6.92 Å². The first kappa shape index (κ1) is 12.7. The molecule has 0 N–H and O–H groups in total. The fourth-order valence-corrected chi connectivity index (χ4v) is 1.40. The molecule has 0 aromatic carbocycles. The van der Waals surface area contributed by atoms with Crippen molar-refractivity contribution in [2.45, 2.75) is 65.2 Å². The summed E-state index contributed by atoms with van der Waals surface area (Å²) in [5.74, 6) is 0.0815. The monoisotopic (exact) mass is 186 g/mol. The smallest absolute Gasteiger partial charge is 0.0959 e. The van der Waals surface area contributed by atoms with Crippen molar-refractivity contribution in [3.05, 3.63) is 11.9 Å². The largest absolute Gasteiger partial charge is 0.212 e. The lowest BCUT2D eigenvalue weighted by atomic mass is 10.1. The molecule has 0 nitrogen and oxygen atoms in total. The molecule has 0 aliphatic rings. The maximum absolute atomic E-state index is 12.8. The van der Waals surface area contributed by atoms with Crippen LogP contribution in [0, 0.1) is 0 Å². The van der Waals surface area contributed by atoms with Gasteiger partial charge < -0.3 is 0 Å². The molecule has 0 spiro atoms. The Hall–Kier alpha value is -0.330. The Morgan fingerprint density at radius 2 is 1.62 bits per heavy atom. The number of hydrogen-bond acceptors (Lipinski definition) is 0. The lowest BCUT2D eigenvalue weighted by molar-refractivity contribution is 0.539. The van der Waals surface area contributed by atoms with Gasteiger partial charge in [-0.3, -0.25) is 0 Å². The molecule has 0 aliphatic heterocycles. The predicted molar refractivity (Wildman–Crippen MR) is 57.5 cm³/mol. The number of allylic oxidation sites excluding steroid dienone is 2. The van der Waals surface area contributed by atoms with Gasteiger partial charge in [-0.05, 0) is 19.3 Å². The molecular formula is C12H23F. The van der Waals surface area contributed by atoms with Gasteiger partial charge >= 0.3 is 0 Å². The summed E-state index contributed by atoms with van der Waals surface area (Å²) in [7, 11) is 0. The van der Waals surface area contributed by atoms with Crippen LogP contribution in [-0.2, 0) is 0 Å². The summed E-state index contributed by atoms with van der Waals surface area (Å²) >= 11 is 0. The zero-order valence-corrected chi connectivity index (χ0v) is 9.11. The second-order valence-corrected chi connectivity index (χ2v) is 3.58. The summed E-state index contributed by atoms with van der Waals surface area (Å²) in [6, 6.07) is 0. The average molecular weight is 186 g/mol. The fourth-order valence-electron chi connectivity index (χ4n) is 1.40. The first-order valence-electron chi connectivity index (χ1n) is 5.65.